The molecule has 0 aliphatic carbocycles. The molecular formula is C21H18ClN5. The van der Waals surface area contributed by atoms with E-state index in [0.29, 0.717) is 0 Å². The maximum absolute atomic E-state index is 6.30. The Balaban J connectivity index is 1.57. The largest absolute Gasteiger partial charge is 0.351 e. The molecule has 0 N–H and O–H groups in total. The molecule has 0 amide bonds. The van der Waals surface area contributed by atoms with Gasteiger partial charge >= 0.3 is 0 Å². The third-order valence-corrected chi connectivity index (χ3v) is 5.58. The van der Waals surface area contributed by atoms with Gasteiger partial charge in [0.15, 0.2) is 5.65 Å². The van der Waals surface area contributed by atoms with Crippen LogP contribution in [0.25, 0.3) is 16.7 Å². The first-order valence-electron chi connectivity index (χ1n) is 8.98. The summed E-state index contributed by atoms with van der Waals surface area (Å²) in [4.78, 5) is 11.4. The summed E-state index contributed by atoms with van der Waals surface area (Å²) in [6.45, 7) is 3.77. The second kappa shape index (κ2) is 6.35. The minimum absolute atomic E-state index is 0.720. The van der Waals surface area contributed by atoms with Crippen molar-refractivity contribution in [2.75, 3.05) is 11.4 Å². The van der Waals surface area contributed by atoms with E-state index < -0.39 is 0 Å². The molecule has 2 aromatic carbocycles. The molecular weight excluding hydrogens is 358 g/mol. The van der Waals surface area contributed by atoms with Crippen LogP contribution < -0.4 is 4.90 Å². The molecule has 2 aromatic heterocycles. The highest BCUT2D eigenvalue weighted by Crippen LogP contribution is 2.29. The maximum atomic E-state index is 6.30. The molecule has 5 nitrogen and oxygen atoms in total. The van der Waals surface area contributed by atoms with Crippen molar-refractivity contribution in [3.05, 3.63) is 76.7 Å². The summed E-state index contributed by atoms with van der Waals surface area (Å²) in [7, 11) is 0. The highest BCUT2D eigenvalue weighted by atomic mass is 35.5. The van der Waals surface area contributed by atoms with Gasteiger partial charge in [0.25, 0.3) is 0 Å². The minimum Gasteiger partial charge on any atom is -0.351 e. The number of aromatic nitrogens is 4. The number of rotatable bonds is 2. The number of nitrogens with zero attached hydrogens (tertiary/aromatic N) is 5. The number of aryl methyl sites for hydroxylation is 1. The lowest BCUT2D eigenvalue weighted by molar-refractivity contribution is 0.723. The lowest BCUT2D eigenvalue weighted by Gasteiger charge is -2.29. The Hall–Kier alpha value is -2.92. The van der Waals surface area contributed by atoms with Gasteiger partial charge in [0.05, 0.1) is 17.3 Å². The Morgan fingerprint density at radius 2 is 1.89 bits per heavy atom. The molecule has 1 aliphatic rings. The van der Waals surface area contributed by atoms with Gasteiger partial charge in [0, 0.05) is 18.1 Å². The summed E-state index contributed by atoms with van der Waals surface area (Å²) in [5.41, 5.74) is 5.50. The fraction of sp³-hybridized carbons (Fsp3) is 0.190. The Labute approximate surface area is 162 Å². The second-order valence-corrected chi connectivity index (χ2v) is 7.27. The zero-order chi connectivity index (χ0) is 18.4. The summed E-state index contributed by atoms with van der Waals surface area (Å²) in [5, 5.41) is 6.24. The average Bonchev–Trinajstić information content (AvgIpc) is 3.14. The first-order chi connectivity index (χ1) is 13.2. The number of hydrogen-bond acceptors (Lipinski definition) is 4. The highest BCUT2D eigenvalue weighted by Gasteiger charge is 2.21. The fourth-order valence-corrected chi connectivity index (χ4v) is 3.84. The van der Waals surface area contributed by atoms with Gasteiger partial charge in [-0.05, 0) is 42.2 Å². The summed E-state index contributed by atoms with van der Waals surface area (Å²) < 4.78 is 1.82. The number of fused-ring (bicyclic) bond motifs is 2. The summed E-state index contributed by atoms with van der Waals surface area (Å²) in [5.74, 6) is 0.930. The number of benzene rings is 2. The highest BCUT2D eigenvalue weighted by molar-refractivity contribution is 6.31. The SMILES string of the molecule is Cc1ccc(-n2ncc3c(N4CCc5ccccc5C4)ncnc32)cc1Cl. The van der Waals surface area contributed by atoms with Crippen molar-refractivity contribution in [2.45, 2.75) is 19.9 Å². The molecule has 3 heterocycles. The molecule has 6 heteroatoms. The normalized spacial score (nSPS) is 13.8. The van der Waals surface area contributed by atoms with Crippen molar-refractivity contribution in [1.82, 2.24) is 19.7 Å². The van der Waals surface area contributed by atoms with Gasteiger partial charge in [-0.15, -0.1) is 0 Å². The maximum Gasteiger partial charge on any atom is 0.168 e. The van der Waals surface area contributed by atoms with Crippen LogP contribution >= 0.6 is 11.6 Å². The van der Waals surface area contributed by atoms with Crippen molar-refractivity contribution in [3.63, 3.8) is 0 Å². The Morgan fingerprint density at radius 1 is 1.04 bits per heavy atom. The fourth-order valence-electron chi connectivity index (χ4n) is 3.66. The smallest absolute Gasteiger partial charge is 0.168 e. The molecule has 0 atom stereocenters. The molecule has 0 spiro atoms. The molecule has 0 unspecified atom stereocenters. The predicted octanol–water partition coefficient (Wildman–Crippen LogP) is 4.34. The van der Waals surface area contributed by atoms with Gasteiger partial charge in [0.2, 0.25) is 0 Å². The van der Waals surface area contributed by atoms with E-state index in [4.69, 9.17) is 11.6 Å². The third-order valence-electron chi connectivity index (χ3n) is 5.17. The van der Waals surface area contributed by atoms with E-state index in [-0.39, 0.29) is 0 Å². The number of hydrogen-bond donors (Lipinski definition) is 0. The summed E-state index contributed by atoms with van der Waals surface area (Å²) in [6, 6.07) is 14.5. The van der Waals surface area contributed by atoms with Crippen LogP contribution in [0.5, 0.6) is 0 Å². The number of halogens is 1. The van der Waals surface area contributed by atoms with Crippen LogP contribution in [0.3, 0.4) is 0 Å². The van der Waals surface area contributed by atoms with E-state index in [1.165, 1.54) is 11.1 Å². The van der Waals surface area contributed by atoms with Crippen LogP contribution in [0, 0.1) is 6.92 Å². The van der Waals surface area contributed by atoms with E-state index in [1.54, 1.807) is 6.33 Å². The average molecular weight is 376 g/mol. The molecule has 0 saturated heterocycles. The van der Waals surface area contributed by atoms with Crippen molar-refractivity contribution in [1.29, 1.82) is 0 Å². The van der Waals surface area contributed by atoms with Gasteiger partial charge in [-0.3, -0.25) is 0 Å². The van der Waals surface area contributed by atoms with Crippen LogP contribution in [0.4, 0.5) is 5.82 Å². The Morgan fingerprint density at radius 3 is 2.74 bits per heavy atom. The summed E-state index contributed by atoms with van der Waals surface area (Å²) in [6.07, 6.45) is 4.48. The monoisotopic (exact) mass is 375 g/mol. The molecule has 134 valence electrons. The van der Waals surface area contributed by atoms with Gasteiger partial charge in [-0.1, -0.05) is 41.9 Å². The first kappa shape index (κ1) is 16.3. The lowest BCUT2D eigenvalue weighted by atomic mass is 10.00. The first-order valence-corrected chi connectivity index (χ1v) is 9.35. The van der Waals surface area contributed by atoms with E-state index in [1.807, 2.05) is 36.0 Å². The topological polar surface area (TPSA) is 46.8 Å². The molecule has 0 saturated carbocycles. The molecule has 1 aliphatic heterocycles. The van der Waals surface area contributed by atoms with E-state index in [2.05, 4.69) is 44.2 Å². The van der Waals surface area contributed by atoms with Crippen LogP contribution in [-0.2, 0) is 13.0 Å². The van der Waals surface area contributed by atoms with Crippen molar-refractivity contribution < 1.29 is 0 Å². The van der Waals surface area contributed by atoms with E-state index in [9.17, 15) is 0 Å². The van der Waals surface area contributed by atoms with Gasteiger partial charge in [0.1, 0.15) is 12.1 Å². The van der Waals surface area contributed by atoms with Crippen molar-refractivity contribution in [3.8, 4) is 5.69 Å². The quantitative estimate of drug-likeness (QED) is 0.523. The zero-order valence-electron chi connectivity index (χ0n) is 14.9. The van der Waals surface area contributed by atoms with E-state index in [0.717, 1.165) is 52.6 Å². The Bertz CT molecular complexity index is 1150. The van der Waals surface area contributed by atoms with Crippen molar-refractivity contribution >= 4 is 28.5 Å². The molecule has 5 rings (SSSR count). The minimum atomic E-state index is 0.720. The Kier molecular flexibility index (Phi) is 3.83. The van der Waals surface area contributed by atoms with Crippen LogP contribution in [0.1, 0.15) is 16.7 Å². The van der Waals surface area contributed by atoms with Crippen LogP contribution in [0.2, 0.25) is 5.02 Å². The lowest BCUT2D eigenvalue weighted by Crippen LogP contribution is -2.31. The molecule has 27 heavy (non-hydrogen) atoms. The van der Waals surface area contributed by atoms with Gasteiger partial charge in [-0.25, -0.2) is 14.6 Å². The molecule has 0 bridgehead atoms. The van der Waals surface area contributed by atoms with Gasteiger partial charge < -0.3 is 4.90 Å². The zero-order valence-corrected chi connectivity index (χ0v) is 15.7. The molecule has 0 radical (unpaired) electrons. The van der Waals surface area contributed by atoms with Gasteiger partial charge in [-0.2, -0.15) is 5.10 Å². The van der Waals surface area contributed by atoms with Crippen LogP contribution in [0.15, 0.2) is 55.0 Å². The summed E-state index contributed by atoms with van der Waals surface area (Å²) >= 11 is 6.30. The molecule has 0 fully saturated rings. The third kappa shape index (κ3) is 2.75. The predicted molar refractivity (Wildman–Crippen MR) is 108 cm³/mol. The van der Waals surface area contributed by atoms with Crippen LogP contribution in [-0.4, -0.2) is 26.3 Å². The standard InChI is InChI=1S/C21H18ClN5/c1-14-6-7-17(10-19(14)22)27-21-18(11-25-27)20(23-13-24-21)26-9-8-15-4-2-3-5-16(15)12-26/h2-7,10-11,13H,8-9,12H2,1H3. The number of anilines is 1. The van der Waals surface area contributed by atoms with E-state index >= 15 is 0 Å². The molecule has 4 aromatic rings. The van der Waals surface area contributed by atoms with Crippen molar-refractivity contribution in [2.24, 2.45) is 0 Å². The second-order valence-electron chi connectivity index (χ2n) is 6.86.